The number of rotatable bonds is 4. The van der Waals surface area contributed by atoms with Crippen LogP contribution in [0.3, 0.4) is 0 Å². The van der Waals surface area contributed by atoms with Crippen LogP contribution in [0.1, 0.15) is 63.8 Å². The molecule has 2 atom stereocenters. The minimum Gasteiger partial charge on any atom is -0.359 e. The second-order valence-electron chi connectivity index (χ2n) is 6.41. The van der Waals surface area contributed by atoms with Crippen molar-refractivity contribution >= 4 is 29.9 Å². The van der Waals surface area contributed by atoms with Crippen molar-refractivity contribution in [1.82, 2.24) is 15.8 Å². The van der Waals surface area contributed by atoms with E-state index in [1.807, 2.05) is 13.1 Å². The van der Waals surface area contributed by atoms with Gasteiger partial charge >= 0.3 is 0 Å². The van der Waals surface area contributed by atoms with Crippen molar-refractivity contribution < 1.29 is 4.52 Å². The summed E-state index contributed by atoms with van der Waals surface area (Å²) >= 11 is 0. The molecule has 1 heterocycles. The minimum absolute atomic E-state index is 0. The summed E-state index contributed by atoms with van der Waals surface area (Å²) in [6.45, 7) is 7.16. The SMILES string of the molecule is CN=C(NCc1cc(C(C)C)no1)NC1CCCC(C)C1.I. The summed E-state index contributed by atoms with van der Waals surface area (Å²) < 4.78 is 5.33. The van der Waals surface area contributed by atoms with E-state index >= 15 is 0 Å². The van der Waals surface area contributed by atoms with Gasteiger partial charge in [0.25, 0.3) is 0 Å². The number of aromatic nitrogens is 1. The fraction of sp³-hybridized carbons (Fsp3) is 0.750. The quantitative estimate of drug-likeness (QED) is 0.444. The average Bonchev–Trinajstić information content (AvgIpc) is 2.92. The van der Waals surface area contributed by atoms with Crippen LogP contribution in [0.4, 0.5) is 0 Å². The highest BCUT2D eigenvalue weighted by molar-refractivity contribution is 14.0. The fourth-order valence-corrected chi connectivity index (χ4v) is 2.81. The van der Waals surface area contributed by atoms with Crippen molar-refractivity contribution in [2.24, 2.45) is 10.9 Å². The van der Waals surface area contributed by atoms with E-state index in [1.165, 1.54) is 25.7 Å². The Kier molecular flexibility index (Phi) is 8.20. The van der Waals surface area contributed by atoms with Gasteiger partial charge in [0, 0.05) is 19.2 Å². The zero-order chi connectivity index (χ0) is 15.2. The van der Waals surface area contributed by atoms with Gasteiger partial charge in [0.2, 0.25) is 0 Å². The highest BCUT2D eigenvalue weighted by Crippen LogP contribution is 2.23. The molecule has 1 fully saturated rings. The number of guanidine groups is 1. The summed E-state index contributed by atoms with van der Waals surface area (Å²) in [4.78, 5) is 4.30. The molecule has 0 amide bonds. The summed E-state index contributed by atoms with van der Waals surface area (Å²) in [7, 11) is 1.81. The number of hydrogen-bond acceptors (Lipinski definition) is 3. The Morgan fingerprint density at radius 3 is 2.82 bits per heavy atom. The van der Waals surface area contributed by atoms with E-state index in [4.69, 9.17) is 4.52 Å². The monoisotopic (exact) mass is 420 g/mol. The Labute approximate surface area is 150 Å². The third-order valence-electron chi connectivity index (χ3n) is 4.10. The zero-order valence-electron chi connectivity index (χ0n) is 14.1. The summed E-state index contributed by atoms with van der Waals surface area (Å²) in [6, 6.07) is 2.54. The molecule has 22 heavy (non-hydrogen) atoms. The number of aliphatic imine (C=N–C) groups is 1. The summed E-state index contributed by atoms with van der Waals surface area (Å²) in [5, 5.41) is 10.9. The molecule has 2 N–H and O–H groups in total. The van der Waals surface area contributed by atoms with Crippen LogP contribution in [0.15, 0.2) is 15.6 Å². The zero-order valence-corrected chi connectivity index (χ0v) is 16.4. The van der Waals surface area contributed by atoms with Crippen LogP contribution < -0.4 is 10.6 Å². The van der Waals surface area contributed by atoms with Gasteiger partial charge in [0.05, 0.1) is 12.2 Å². The predicted molar refractivity (Wildman–Crippen MR) is 101 cm³/mol. The van der Waals surface area contributed by atoms with Gasteiger partial charge in [-0.15, -0.1) is 24.0 Å². The Balaban J connectivity index is 0.00000242. The van der Waals surface area contributed by atoms with Crippen molar-refractivity contribution in [3.8, 4) is 0 Å². The van der Waals surface area contributed by atoms with Gasteiger partial charge < -0.3 is 15.2 Å². The second-order valence-corrected chi connectivity index (χ2v) is 6.41. The molecule has 1 aromatic heterocycles. The maximum atomic E-state index is 5.33. The topological polar surface area (TPSA) is 62.5 Å². The van der Waals surface area contributed by atoms with E-state index in [0.717, 1.165) is 23.3 Å². The molecule has 2 rings (SSSR count). The van der Waals surface area contributed by atoms with Gasteiger partial charge in [-0.25, -0.2) is 0 Å². The number of nitrogens with one attached hydrogen (secondary N) is 2. The molecule has 126 valence electrons. The molecule has 0 radical (unpaired) electrons. The van der Waals surface area contributed by atoms with Gasteiger partial charge in [0.15, 0.2) is 11.7 Å². The fourth-order valence-electron chi connectivity index (χ4n) is 2.81. The molecule has 0 spiro atoms. The first-order valence-electron chi connectivity index (χ1n) is 8.01. The van der Waals surface area contributed by atoms with E-state index in [1.54, 1.807) is 0 Å². The van der Waals surface area contributed by atoms with Crippen LogP contribution in [0.5, 0.6) is 0 Å². The average molecular weight is 420 g/mol. The number of hydrogen-bond donors (Lipinski definition) is 2. The van der Waals surface area contributed by atoms with Crippen LogP contribution >= 0.6 is 24.0 Å². The molecular formula is C16H29IN4O. The van der Waals surface area contributed by atoms with Crippen LogP contribution in [-0.4, -0.2) is 24.2 Å². The molecule has 0 aromatic carbocycles. The Hall–Kier alpha value is -0.790. The first-order chi connectivity index (χ1) is 10.1. The lowest BCUT2D eigenvalue weighted by molar-refractivity contribution is 0.323. The van der Waals surface area contributed by atoms with Gasteiger partial charge in [-0.05, 0) is 24.7 Å². The smallest absolute Gasteiger partial charge is 0.191 e. The molecule has 0 saturated heterocycles. The van der Waals surface area contributed by atoms with Gasteiger partial charge in [-0.1, -0.05) is 38.8 Å². The number of nitrogens with zero attached hydrogens (tertiary/aromatic N) is 2. The Morgan fingerprint density at radius 2 is 2.23 bits per heavy atom. The first-order valence-corrected chi connectivity index (χ1v) is 8.01. The lowest BCUT2D eigenvalue weighted by Crippen LogP contribution is -2.44. The third-order valence-corrected chi connectivity index (χ3v) is 4.10. The van der Waals surface area contributed by atoms with Crippen molar-refractivity contribution in [1.29, 1.82) is 0 Å². The molecule has 6 heteroatoms. The maximum absolute atomic E-state index is 5.33. The third kappa shape index (κ3) is 5.78. The van der Waals surface area contributed by atoms with E-state index in [9.17, 15) is 0 Å². The molecule has 1 aliphatic rings. The lowest BCUT2D eigenvalue weighted by atomic mass is 9.87. The predicted octanol–water partition coefficient (Wildman–Crippen LogP) is 3.66. The van der Waals surface area contributed by atoms with Gasteiger partial charge in [-0.3, -0.25) is 4.99 Å². The van der Waals surface area contributed by atoms with E-state index < -0.39 is 0 Å². The molecule has 5 nitrogen and oxygen atoms in total. The van der Waals surface area contributed by atoms with Gasteiger partial charge in [0.1, 0.15) is 0 Å². The van der Waals surface area contributed by atoms with E-state index in [0.29, 0.717) is 18.5 Å². The standard InChI is InChI=1S/C16H28N4O.HI/c1-11(2)15-9-14(21-20-15)10-18-16(17-4)19-13-7-5-6-12(3)8-13;/h9,11-13H,5-8,10H2,1-4H3,(H2,17,18,19);1H. The molecule has 0 aliphatic heterocycles. The van der Waals surface area contributed by atoms with Crippen LogP contribution in [0.25, 0.3) is 0 Å². The van der Waals surface area contributed by atoms with Crippen molar-refractivity contribution in [2.75, 3.05) is 7.05 Å². The van der Waals surface area contributed by atoms with Crippen molar-refractivity contribution in [3.63, 3.8) is 0 Å². The molecule has 1 aromatic rings. The Bertz CT molecular complexity index is 472. The number of halogens is 1. The molecule has 2 unspecified atom stereocenters. The summed E-state index contributed by atoms with van der Waals surface area (Å²) in [6.07, 6.45) is 5.10. The second kappa shape index (κ2) is 9.37. The maximum Gasteiger partial charge on any atom is 0.191 e. The normalized spacial score (nSPS) is 22.3. The lowest BCUT2D eigenvalue weighted by Gasteiger charge is -2.28. The van der Waals surface area contributed by atoms with Gasteiger partial charge in [-0.2, -0.15) is 0 Å². The first kappa shape index (κ1) is 19.3. The van der Waals surface area contributed by atoms with Crippen LogP contribution in [-0.2, 0) is 6.54 Å². The van der Waals surface area contributed by atoms with Crippen molar-refractivity contribution in [2.45, 2.75) is 65.0 Å². The van der Waals surface area contributed by atoms with Crippen molar-refractivity contribution in [3.05, 3.63) is 17.5 Å². The molecule has 0 bridgehead atoms. The highest BCUT2D eigenvalue weighted by atomic mass is 127. The van der Waals surface area contributed by atoms with Crippen LogP contribution in [0.2, 0.25) is 0 Å². The van der Waals surface area contributed by atoms with E-state index in [2.05, 4.69) is 41.6 Å². The largest absolute Gasteiger partial charge is 0.359 e. The molecule has 1 aliphatic carbocycles. The highest BCUT2D eigenvalue weighted by Gasteiger charge is 2.19. The Morgan fingerprint density at radius 1 is 1.45 bits per heavy atom. The van der Waals surface area contributed by atoms with Crippen LogP contribution in [0, 0.1) is 5.92 Å². The molecular weight excluding hydrogens is 391 g/mol. The van der Waals surface area contributed by atoms with E-state index in [-0.39, 0.29) is 24.0 Å². The summed E-state index contributed by atoms with van der Waals surface area (Å²) in [5.74, 6) is 2.89. The minimum atomic E-state index is 0. The summed E-state index contributed by atoms with van der Waals surface area (Å²) in [5.41, 5.74) is 0.996. The molecule has 1 saturated carbocycles.